The Labute approximate surface area is 109 Å². The van der Waals surface area contributed by atoms with Gasteiger partial charge in [0.15, 0.2) is 0 Å². The smallest absolute Gasteiger partial charge is 0.232 e. The Kier molecular flexibility index (Phi) is 4.97. The predicted octanol–water partition coefficient (Wildman–Crippen LogP) is 2.97. The molecule has 1 rings (SSSR count). The summed E-state index contributed by atoms with van der Waals surface area (Å²) in [6, 6.07) is 3.96. The van der Waals surface area contributed by atoms with E-state index in [1.54, 1.807) is 0 Å². The summed E-state index contributed by atoms with van der Waals surface area (Å²) in [5, 5.41) is 0. The van der Waals surface area contributed by atoms with Gasteiger partial charge in [0.1, 0.15) is 5.82 Å². The van der Waals surface area contributed by atoms with Crippen molar-refractivity contribution >= 4 is 38.3 Å². The Morgan fingerprint density at radius 3 is 2.69 bits per heavy atom. The first-order valence-electron chi connectivity index (χ1n) is 4.90. The van der Waals surface area contributed by atoms with Gasteiger partial charge >= 0.3 is 0 Å². The van der Waals surface area contributed by atoms with Crippen LogP contribution in [-0.2, 0) is 10.0 Å². The molecule has 0 aromatic heterocycles. The molecular weight excluding hydrogens is 344 g/mol. The zero-order valence-corrected chi connectivity index (χ0v) is 11.8. The van der Waals surface area contributed by atoms with E-state index >= 15 is 0 Å². The molecule has 0 aliphatic heterocycles. The van der Waals surface area contributed by atoms with Crippen LogP contribution < -0.4 is 4.72 Å². The molecule has 0 amide bonds. The number of rotatable bonds is 5. The van der Waals surface area contributed by atoms with Crippen molar-refractivity contribution in [2.75, 3.05) is 10.5 Å². The van der Waals surface area contributed by atoms with E-state index in [4.69, 9.17) is 0 Å². The molecule has 6 heteroatoms. The Morgan fingerprint density at radius 2 is 2.12 bits per heavy atom. The molecule has 1 aromatic carbocycles. The Hall–Kier alpha value is -0.370. The van der Waals surface area contributed by atoms with E-state index in [9.17, 15) is 12.8 Å². The summed E-state index contributed by atoms with van der Waals surface area (Å²) in [4.78, 5) is 0. The number of benzene rings is 1. The van der Waals surface area contributed by atoms with Crippen LogP contribution in [0.25, 0.3) is 0 Å². The topological polar surface area (TPSA) is 46.2 Å². The third-order valence-corrected chi connectivity index (χ3v) is 4.21. The standard InChI is InChI=1S/C10H13FINO2S/c1-2-3-6-16(14,15)13-10-5-4-8(11)7-9(10)12/h4-5,7,13H,2-3,6H2,1H3. The molecule has 0 fully saturated rings. The summed E-state index contributed by atoms with van der Waals surface area (Å²) in [6.45, 7) is 1.93. The molecule has 1 aromatic rings. The number of nitrogens with one attached hydrogen (secondary N) is 1. The average Bonchev–Trinajstić information content (AvgIpc) is 2.19. The normalized spacial score (nSPS) is 11.4. The first kappa shape index (κ1) is 13.7. The van der Waals surface area contributed by atoms with Crippen molar-refractivity contribution in [1.82, 2.24) is 0 Å². The zero-order valence-electron chi connectivity index (χ0n) is 8.83. The van der Waals surface area contributed by atoms with Crippen molar-refractivity contribution in [2.24, 2.45) is 0 Å². The van der Waals surface area contributed by atoms with E-state index in [2.05, 4.69) is 4.72 Å². The van der Waals surface area contributed by atoms with Gasteiger partial charge in [-0.25, -0.2) is 12.8 Å². The van der Waals surface area contributed by atoms with Crippen LogP contribution in [0.1, 0.15) is 19.8 Å². The SMILES string of the molecule is CCCCS(=O)(=O)Nc1ccc(F)cc1I. The van der Waals surface area contributed by atoms with E-state index < -0.39 is 10.0 Å². The van der Waals surface area contributed by atoms with Crippen LogP contribution in [0.4, 0.5) is 10.1 Å². The maximum atomic E-state index is 12.8. The molecule has 0 spiro atoms. The van der Waals surface area contributed by atoms with Gasteiger partial charge in [0.05, 0.1) is 11.4 Å². The van der Waals surface area contributed by atoms with Crippen molar-refractivity contribution in [3.63, 3.8) is 0 Å². The molecular formula is C10H13FINO2S. The highest BCUT2D eigenvalue weighted by molar-refractivity contribution is 14.1. The fourth-order valence-corrected chi connectivity index (χ4v) is 3.20. The Balaban J connectivity index is 2.80. The molecule has 0 heterocycles. The van der Waals surface area contributed by atoms with Gasteiger partial charge < -0.3 is 0 Å². The number of halogens is 2. The molecule has 0 aliphatic carbocycles. The van der Waals surface area contributed by atoms with Crippen molar-refractivity contribution in [3.05, 3.63) is 27.6 Å². The lowest BCUT2D eigenvalue weighted by molar-refractivity contribution is 0.597. The van der Waals surface area contributed by atoms with Gasteiger partial charge in [-0.3, -0.25) is 4.72 Å². The predicted molar refractivity (Wildman–Crippen MR) is 71.4 cm³/mol. The molecule has 90 valence electrons. The number of hydrogen-bond donors (Lipinski definition) is 1. The summed E-state index contributed by atoms with van der Waals surface area (Å²) in [6.07, 6.45) is 1.44. The molecule has 0 radical (unpaired) electrons. The second-order valence-corrected chi connectivity index (χ2v) is 6.40. The fraction of sp³-hybridized carbons (Fsp3) is 0.400. The highest BCUT2D eigenvalue weighted by atomic mass is 127. The van der Waals surface area contributed by atoms with Crippen molar-refractivity contribution in [3.8, 4) is 0 Å². The second kappa shape index (κ2) is 5.81. The fourth-order valence-electron chi connectivity index (χ4n) is 1.13. The van der Waals surface area contributed by atoms with Gasteiger partial charge in [-0.1, -0.05) is 13.3 Å². The molecule has 1 N–H and O–H groups in total. The van der Waals surface area contributed by atoms with E-state index in [0.29, 0.717) is 15.7 Å². The average molecular weight is 357 g/mol. The highest BCUT2D eigenvalue weighted by Crippen LogP contribution is 2.20. The Bertz CT molecular complexity index is 462. The summed E-state index contributed by atoms with van der Waals surface area (Å²) in [5.41, 5.74) is 0.429. The quantitative estimate of drug-likeness (QED) is 0.824. The van der Waals surface area contributed by atoms with Crippen LogP contribution in [0.15, 0.2) is 18.2 Å². The monoisotopic (exact) mass is 357 g/mol. The Morgan fingerprint density at radius 1 is 1.44 bits per heavy atom. The minimum Gasteiger partial charge on any atom is -0.282 e. The molecule has 0 unspecified atom stereocenters. The lowest BCUT2D eigenvalue weighted by Crippen LogP contribution is -2.17. The number of unbranched alkanes of at least 4 members (excludes halogenated alkanes) is 1. The van der Waals surface area contributed by atoms with Gasteiger partial charge in [0.25, 0.3) is 0 Å². The van der Waals surface area contributed by atoms with Crippen LogP contribution in [-0.4, -0.2) is 14.2 Å². The van der Waals surface area contributed by atoms with Crippen molar-refractivity contribution < 1.29 is 12.8 Å². The van der Waals surface area contributed by atoms with Crippen LogP contribution in [0.2, 0.25) is 0 Å². The summed E-state index contributed by atoms with van der Waals surface area (Å²) in [7, 11) is -3.31. The third kappa shape index (κ3) is 4.25. The summed E-state index contributed by atoms with van der Waals surface area (Å²) in [5.74, 6) is -0.280. The van der Waals surface area contributed by atoms with Gasteiger partial charge in [-0.05, 0) is 47.2 Å². The van der Waals surface area contributed by atoms with Gasteiger partial charge in [0, 0.05) is 3.57 Å². The van der Waals surface area contributed by atoms with Crippen molar-refractivity contribution in [2.45, 2.75) is 19.8 Å². The van der Waals surface area contributed by atoms with Crippen LogP contribution in [0.5, 0.6) is 0 Å². The summed E-state index contributed by atoms with van der Waals surface area (Å²) >= 11 is 1.90. The van der Waals surface area contributed by atoms with E-state index in [-0.39, 0.29) is 11.6 Å². The van der Waals surface area contributed by atoms with Crippen LogP contribution in [0, 0.1) is 9.39 Å². The molecule has 0 saturated heterocycles. The second-order valence-electron chi connectivity index (χ2n) is 3.40. The molecule has 0 saturated carbocycles. The molecule has 0 atom stereocenters. The minimum atomic E-state index is -3.31. The minimum absolute atomic E-state index is 0.0942. The largest absolute Gasteiger partial charge is 0.282 e. The zero-order chi connectivity index (χ0) is 12.2. The van der Waals surface area contributed by atoms with Crippen LogP contribution in [0.3, 0.4) is 0 Å². The first-order valence-corrected chi connectivity index (χ1v) is 7.63. The first-order chi connectivity index (χ1) is 7.44. The maximum absolute atomic E-state index is 12.8. The van der Waals surface area contributed by atoms with Crippen LogP contribution >= 0.6 is 22.6 Å². The lowest BCUT2D eigenvalue weighted by Gasteiger charge is -2.09. The molecule has 0 bridgehead atoms. The number of anilines is 1. The van der Waals surface area contributed by atoms with Gasteiger partial charge in [0.2, 0.25) is 10.0 Å². The molecule has 16 heavy (non-hydrogen) atoms. The number of sulfonamides is 1. The molecule has 3 nitrogen and oxygen atoms in total. The lowest BCUT2D eigenvalue weighted by atomic mass is 10.3. The third-order valence-electron chi connectivity index (χ3n) is 1.96. The summed E-state index contributed by atoms with van der Waals surface area (Å²) < 4.78 is 39.0. The van der Waals surface area contributed by atoms with E-state index in [1.807, 2.05) is 29.5 Å². The van der Waals surface area contributed by atoms with E-state index in [1.165, 1.54) is 18.2 Å². The highest BCUT2D eigenvalue weighted by Gasteiger charge is 2.11. The van der Waals surface area contributed by atoms with E-state index in [0.717, 1.165) is 6.42 Å². The number of hydrogen-bond acceptors (Lipinski definition) is 2. The van der Waals surface area contributed by atoms with Gasteiger partial charge in [-0.15, -0.1) is 0 Å². The maximum Gasteiger partial charge on any atom is 0.232 e. The molecule has 0 aliphatic rings. The van der Waals surface area contributed by atoms with Crippen molar-refractivity contribution in [1.29, 1.82) is 0 Å². The van der Waals surface area contributed by atoms with Gasteiger partial charge in [-0.2, -0.15) is 0 Å².